The molecule has 0 bridgehead atoms. The van der Waals surface area contributed by atoms with Crippen LogP contribution in [0.5, 0.6) is 0 Å². The van der Waals surface area contributed by atoms with Crippen molar-refractivity contribution in [2.24, 2.45) is 0 Å². The Hall–Kier alpha value is -1.89. The molecule has 1 fully saturated rings. The van der Waals surface area contributed by atoms with Crippen LogP contribution in [0.15, 0.2) is 16.9 Å². The third kappa shape index (κ3) is 2.14. The maximum absolute atomic E-state index is 5.57. The Morgan fingerprint density at radius 2 is 2.47 bits per heavy atom. The first kappa shape index (κ1) is 10.3. The molecule has 0 saturated carbocycles. The zero-order valence-electron chi connectivity index (χ0n) is 9.24. The molecular weight excluding hydrogens is 222 g/mol. The summed E-state index contributed by atoms with van der Waals surface area (Å²) < 4.78 is 12.1. The molecule has 0 radical (unpaired) electrons. The fraction of sp³-hybridized carbons (Fsp3) is 0.500. The topological polar surface area (TPSA) is 92.0 Å². The average Bonchev–Trinajstić information content (AvgIpc) is 3.00. The zero-order chi connectivity index (χ0) is 11.7. The van der Waals surface area contributed by atoms with Crippen molar-refractivity contribution in [3.8, 4) is 0 Å². The zero-order valence-corrected chi connectivity index (χ0v) is 9.24. The number of aromatic nitrogens is 4. The van der Waals surface area contributed by atoms with E-state index in [0.717, 1.165) is 18.9 Å². The van der Waals surface area contributed by atoms with Gasteiger partial charge in [-0.2, -0.15) is 10.1 Å². The maximum Gasteiger partial charge on any atom is 0.248 e. The minimum Gasteiger partial charge on any atom is -0.396 e. The van der Waals surface area contributed by atoms with Gasteiger partial charge in [0.2, 0.25) is 5.89 Å². The van der Waals surface area contributed by atoms with E-state index in [-0.39, 0.29) is 5.92 Å². The van der Waals surface area contributed by atoms with Gasteiger partial charge in [-0.15, -0.1) is 0 Å². The number of nitrogen functional groups attached to an aromatic ring is 1. The van der Waals surface area contributed by atoms with Crippen LogP contribution in [-0.4, -0.2) is 33.1 Å². The van der Waals surface area contributed by atoms with Crippen LogP contribution in [-0.2, 0) is 11.3 Å². The molecule has 3 rings (SSSR count). The van der Waals surface area contributed by atoms with Crippen LogP contribution in [0, 0.1) is 0 Å². The smallest absolute Gasteiger partial charge is 0.248 e. The summed E-state index contributed by atoms with van der Waals surface area (Å²) in [7, 11) is 0. The molecule has 7 nitrogen and oxygen atoms in total. The Kier molecular flexibility index (Phi) is 2.52. The predicted molar refractivity (Wildman–Crippen MR) is 58.2 cm³/mol. The number of rotatable bonds is 3. The molecule has 3 heterocycles. The van der Waals surface area contributed by atoms with Gasteiger partial charge in [-0.25, -0.2) is 0 Å². The fourth-order valence-corrected chi connectivity index (χ4v) is 1.84. The van der Waals surface area contributed by atoms with Gasteiger partial charge in [0.25, 0.3) is 0 Å². The maximum atomic E-state index is 5.57. The van der Waals surface area contributed by atoms with Gasteiger partial charge in [-0.3, -0.25) is 4.68 Å². The summed E-state index contributed by atoms with van der Waals surface area (Å²) in [5, 5.41) is 8.02. The predicted octanol–water partition coefficient (Wildman–Crippen LogP) is 0.400. The van der Waals surface area contributed by atoms with E-state index in [0.29, 0.717) is 24.7 Å². The quantitative estimate of drug-likeness (QED) is 0.827. The first-order valence-electron chi connectivity index (χ1n) is 5.49. The lowest BCUT2D eigenvalue weighted by atomic mass is 10.1. The highest BCUT2D eigenvalue weighted by Gasteiger charge is 2.23. The van der Waals surface area contributed by atoms with E-state index < -0.39 is 0 Å². The van der Waals surface area contributed by atoms with Gasteiger partial charge >= 0.3 is 0 Å². The molecule has 7 heteroatoms. The molecule has 1 saturated heterocycles. The molecule has 17 heavy (non-hydrogen) atoms. The Morgan fingerprint density at radius 3 is 3.18 bits per heavy atom. The SMILES string of the molecule is Nc1cnn(Cc2nc(C3CCOC3)no2)c1. The largest absolute Gasteiger partial charge is 0.396 e. The summed E-state index contributed by atoms with van der Waals surface area (Å²) in [5.74, 6) is 1.52. The molecule has 2 aromatic rings. The number of anilines is 1. The van der Waals surface area contributed by atoms with Crippen molar-refractivity contribution < 1.29 is 9.26 Å². The molecule has 0 spiro atoms. The van der Waals surface area contributed by atoms with Gasteiger partial charge in [-0.1, -0.05) is 5.16 Å². The Labute approximate surface area is 97.6 Å². The highest BCUT2D eigenvalue weighted by atomic mass is 16.5. The minimum absolute atomic E-state index is 0.259. The van der Waals surface area contributed by atoms with Crippen LogP contribution in [0.3, 0.4) is 0 Å². The van der Waals surface area contributed by atoms with Crippen molar-refractivity contribution in [2.45, 2.75) is 18.9 Å². The lowest BCUT2D eigenvalue weighted by Gasteiger charge is -1.97. The van der Waals surface area contributed by atoms with E-state index in [1.807, 2.05) is 0 Å². The van der Waals surface area contributed by atoms with E-state index in [4.69, 9.17) is 15.0 Å². The van der Waals surface area contributed by atoms with Gasteiger partial charge in [0.05, 0.1) is 18.5 Å². The lowest BCUT2D eigenvalue weighted by Crippen LogP contribution is -2.02. The van der Waals surface area contributed by atoms with Crippen molar-refractivity contribution in [1.29, 1.82) is 0 Å². The molecule has 90 valence electrons. The number of nitrogens with zero attached hydrogens (tertiary/aromatic N) is 4. The van der Waals surface area contributed by atoms with E-state index >= 15 is 0 Å². The highest BCUT2D eigenvalue weighted by Crippen LogP contribution is 2.22. The lowest BCUT2D eigenvalue weighted by molar-refractivity contribution is 0.192. The first-order chi connectivity index (χ1) is 8.31. The number of ether oxygens (including phenoxy) is 1. The molecule has 1 atom stereocenters. The summed E-state index contributed by atoms with van der Waals surface area (Å²) in [6.45, 7) is 1.88. The molecule has 2 aromatic heterocycles. The van der Waals surface area contributed by atoms with Crippen LogP contribution < -0.4 is 5.73 Å². The Bertz CT molecular complexity index is 500. The standard InChI is InChI=1S/C10H13N5O2/c11-8-3-12-15(4-8)5-9-13-10(14-17-9)7-1-2-16-6-7/h3-4,7H,1-2,5-6,11H2. The number of nitrogens with two attached hydrogens (primary N) is 1. The van der Waals surface area contributed by atoms with E-state index in [2.05, 4.69) is 15.2 Å². The van der Waals surface area contributed by atoms with Gasteiger partial charge in [0.15, 0.2) is 5.82 Å². The second-order valence-corrected chi connectivity index (χ2v) is 4.08. The van der Waals surface area contributed by atoms with Gasteiger partial charge in [-0.05, 0) is 6.42 Å². The van der Waals surface area contributed by atoms with Gasteiger partial charge in [0.1, 0.15) is 6.54 Å². The van der Waals surface area contributed by atoms with E-state index in [9.17, 15) is 0 Å². The van der Waals surface area contributed by atoms with Gasteiger partial charge in [0, 0.05) is 18.7 Å². The summed E-state index contributed by atoms with van der Waals surface area (Å²) in [6, 6.07) is 0. The fourth-order valence-electron chi connectivity index (χ4n) is 1.84. The van der Waals surface area contributed by atoms with Crippen LogP contribution in [0.2, 0.25) is 0 Å². The summed E-state index contributed by atoms with van der Waals surface area (Å²) in [5.41, 5.74) is 6.19. The van der Waals surface area contributed by atoms with Crippen molar-refractivity contribution in [3.63, 3.8) is 0 Å². The second-order valence-electron chi connectivity index (χ2n) is 4.08. The molecule has 0 aliphatic carbocycles. The Balaban J connectivity index is 1.71. The monoisotopic (exact) mass is 235 g/mol. The van der Waals surface area contributed by atoms with Crippen molar-refractivity contribution in [1.82, 2.24) is 19.9 Å². The number of hydrogen-bond acceptors (Lipinski definition) is 6. The molecular formula is C10H13N5O2. The minimum atomic E-state index is 0.259. The van der Waals surface area contributed by atoms with Crippen LogP contribution >= 0.6 is 0 Å². The molecule has 1 aliphatic rings. The third-order valence-electron chi connectivity index (χ3n) is 2.73. The summed E-state index contributed by atoms with van der Waals surface area (Å²) in [4.78, 5) is 4.34. The number of hydrogen-bond donors (Lipinski definition) is 1. The van der Waals surface area contributed by atoms with Crippen molar-refractivity contribution >= 4 is 5.69 Å². The molecule has 1 unspecified atom stereocenters. The third-order valence-corrected chi connectivity index (χ3v) is 2.73. The summed E-state index contributed by atoms with van der Waals surface area (Å²) >= 11 is 0. The van der Waals surface area contributed by atoms with Gasteiger partial charge < -0.3 is 15.0 Å². The molecule has 0 aromatic carbocycles. The van der Waals surface area contributed by atoms with Crippen LogP contribution in [0.4, 0.5) is 5.69 Å². The van der Waals surface area contributed by atoms with Crippen LogP contribution in [0.1, 0.15) is 24.1 Å². The first-order valence-corrected chi connectivity index (χ1v) is 5.49. The molecule has 2 N–H and O–H groups in total. The average molecular weight is 235 g/mol. The second kappa shape index (κ2) is 4.17. The normalized spacial score (nSPS) is 19.9. The highest BCUT2D eigenvalue weighted by molar-refractivity contribution is 5.30. The molecule has 0 amide bonds. The Morgan fingerprint density at radius 1 is 1.53 bits per heavy atom. The summed E-state index contributed by atoms with van der Waals surface area (Å²) in [6.07, 6.45) is 4.26. The van der Waals surface area contributed by atoms with E-state index in [1.54, 1.807) is 17.1 Å². The van der Waals surface area contributed by atoms with E-state index in [1.165, 1.54) is 0 Å². The van der Waals surface area contributed by atoms with Crippen LogP contribution in [0.25, 0.3) is 0 Å². The van der Waals surface area contributed by atoms with Crippen molar-refractivity contribution in [2.75, 3.05) is 18.9 Å². The van der Waals surface area contributed by atoms with Crippen molar-refractivity contribution in [3.05, 3.63) is 24.1 Å². The molecule has 1 aliphatic heterocycles.